The van der Waals surface area contributed by atoms with Gasteiger partial charge >= 0.3 is 0 Å². The van der Waals surface area contributed by atoms with Crippen molar-refractivity contribution in [1.82, 2.24) is 4.90 Å². The van der Waals surface area contributed by atoms with Crippen LogP contribution in [0.3, 0.4) is 0 Å². The molecule has 1 saturated heterocycles. The second kappa shape index (κ2) is 7.93. The van der Waals surface area contributed by atoms with E-state index in [9.17, 15) is 9.18 Å². The molecule has 4 nitrogen and oxygen atoms in total. The normalized spacial score (nSPS) is 14.5. The van der Waals surface area contributed by atoms with Gasteiger partial charge in [0.15, 0.2) is 6.61 Å². The van der Waals surface area contributed by atoms with Gasteiger partial charge in [-0.05, 0) is 42.5 Å². The van der Waals surface area contributed by atoms with Gasteiger partial charge in [0.2, 0.25) is 0 Å². The van der Waals surface area contributed by atoms with E-state index in [4.69, 9.17) is 27.9 Å². The largest absolute Gasteiger partial charge is 0.482 e. The molecule has 1 fully saturated rings. The average Bonchev–Trinajstić information content (AvgIpc) is 2.61. The molecule has 3 rings (SSSR count). The highest BCUT2D eigenvalue weighted by molar-refractivity contribution is 6.35. The van der Waals surface area contributed by atoms with Crippen molar-refractivity contribution in [1.29, 1.82) is 0 Å². The molecular formula is C18H17Cl2FN2O2. The Bertz CT molecular complexity index is 747. The van der Waals surface area contributed by atoms with Gasteiger partial charge < -0.3 is 14.5 Å². The van der Waals surface area contributed by atoms with Crippen molar-refractivity contribution >= 4 is 34.8 Å². The number of hydrogen-bond donors (Lipinski definition) is 0. The molecule has 0 saturated carbocycles. The van der Waals surface area contributed by atoms with Gasteiger partial charge in [-0.15, -0.1) is 0 Å². The van der Waals surface area contributed by atoms with Gasteiger partial charge in [0, 0.05) is 36.9 Å². The molecule has 0 spiro atoms. The summed E-state index contributed by atoms with van der Waals surface area (Å²) < 4.78 is 18.5. The van der Waals surface area contributed by atoms with Crippen LogP contribution in [0.2, 0.25) is 10.0 Å². The molecular weight excluding hydrogens is 366 g/mol. The van der Waals surface area contributed by atoms with E-state index in [1.807, 2.05) is 0 Å². The van der Waals surface area contributed by atoms with Crippen LogP contribution in [-0.2, 0) is 4.79 Å². The van der Waals surface area contributed by atoms with E-state index >= 15 is 0 Å². The van der Waals surface area contributed by atoms with Crippen LogP contribution in [0.5, 0.6) is 5.75 Å². The summed E-state index contributed by atoms with van der Waals surface area (Å²) in [7, 11) is 0. The summed E-state index contributed by atoms with van der Waals surface area (Å²) in [5, 5.41) is 0.891. The van der Waals surface area contributed by atoms with Crippen molar-refractivity contribution in [2.75, 3.05) is 37.7 Å². The minimum atomic E-state index is -0.254. The second-order valence-corrected chi connectivity index (χ2v) is 6.55. The molecule has 25 heavy (non-hydrogen) atoms. The molecule has 0 aromatic heterocycles. The minimum Gasteiger partial charge on any atom is -0.482 e. The first kappa shape index (κ1) is 17.8. The third kappa shape index (κ3) is 4.55. The molecule has 132 valence electrons. The maximum absolute atomic E-state index is 13.0. The first-order valence-electron chi connectivity index (χ1n) is 7.89. The molecule has 2 aromatic carbocycles. The van der Waals surface area contributed by atoms with Crippen molar-refractivity contribution in [2.24, 2.45) is 0 Å². The summed E-state index contributed by atoms with van der Waals surface area (Å²) in [6.45, 7) is 2.50. The number of hydrogen-bond acceptors (Lipinski definition) is 3. The van der Waals surface area contributed by atoms with Gasteiger partial charge in [-0.1, -0.05) is 23.2 Å². The van der Waals surface area contributed by atoms with E-state index in [0.717, 1.165) is 5.69 Å². The Labute approximate surface area is 155 Å². The molecule has 7 heteroatoms. The Hall–Kier alpha value is -1.98. The highest BCUT2D eigenvalue weighted by atomic mass is 35.5. The Balaban J connectivity index is 1.50. The van der Waals surface area contributed by atoms with Gasteiger partial charge in [-0.3, -0.25) is 4.79 Å². The first-order chi connectivity index (χ1) is 12.0. The van der Waals surface area contributed by atoms with Crippen LogP contribution in [0.15, 0.2) is 42.5 Å². The van der Waals surface area contributed by atoms with E-state index < -0.39 is 0 Å². The Morgan fingerprint density at radius 1 is 1.04 bits per heavy atom. The Morgan fingerprint density at radius 3 is 2.36 bits per heavy atom. The van der Waals surface area contributed by atoms with Crippen molar-refractivity contribution in [3.63, 3.8) is 0 Å². The highest BCUT2D eigenvalue weighted by Crippen LogP contribution is 2.27. The van der Waals surface area contributed by atoms with Crippen LogP contribution in [0, 0.1) is 5.82 Å². The second-order valence-electron chi connectivity index (χ2n) is 5.71. The number of piperazine rings is 1. The number of anilines is 1. The highest BCUT2D eigenvalue weighted by Gasteiger charge is 2.21. The summed E-state index contributed by atoms with van der Waals surface area (Å²) in [4.78, 5) is 16.2. The number of amides is 1. The van der Waals surface area contributed by atoms with Crippen LogP contribution < -0.4 is 9.64 Å². The maximum Gasteiger partial charge on any atom is 0.260 e. The van der Waals surface area contributed by atoms with Crippen LogP contribution in [0.4, 0.5) is 10.1 Å². The van der Waals surface area contributed by atoms with Crippen LogP contribution >= 0.6 is 23.2 Å². The molecule has 0 unspecified atom stereocenters. The summed E-state index contributed by atoms with van der Waals surface area (Å²) in [5.41, 5.74) is 0.956. The van der Waals surface area contributed by atoms with E-state index in [1.54, 1.807) is 35.2 Å². The lowest BCUT2D eigenvalue weighted by Crippen LogP contribution is -2.50. The van der Waals surface area contributed by atoms with Gasteiger partial charge in [-0.2, -0.15) is 0 Å². The van der Waals surface area contributed by atoms with Gasteiger partial charge in [0.25, 0.3) is 5.91 Å². The molecule has 0 aliphatic carbocycles. The summed E-state index contributed by atoms with van der Waals surface area (Å²) in [5.74, 6) is 0.0877. The summed E-state index contributed by atoms with van der Waals surface area (Å²) in [6.07, 6.45) is 0. The molecule has 0 N–H and O–H groups in total. The quantitative estimate of drug-likeness (QED) is 0.804. The van der Waals surface area contributed by atoms with Crippen molar-refractivity contribution in [2.45, 2.75) is 0 Å². The monoisotopic (exact) mass is 382 g/mol. The fourth-order valence-corrected chi connectivity index (χ4v) is 3.15. The van der Waals surface area contributed by atoms with E-state index in [-0.39, 0.29) is 18.3 Å². The van der Waals surface area contributed by atoms with E-state index in [1.165, 1.54) is 12.1 Å². The SMILES string of the molecule is O=C(COc1ccc(Cl)cc1Cl)N1CCN(c2ccc(F)cc2)CC1. The van der Waals surface area contributed by atoms with E-state index in [0.29, 0.717) is 42.0 Å². The lowest BCUT2D eigenvalue weighted by Gasteiger charge is -2.36. The predicted octanol–water partition coefficient (Wildman–Crippen LogP) is 3.86. The number of rotatable bonds is 4. The molecule has 1 heterocycles. The number of ether oxygens (including phenoxy) is 1. The topological polar surface area (TPSA) is 32.8 Å². The third-order valence-electron chi connectivity index (χ3n) is 4.07. The Kier molecular flexibility index (Phi) is 5.66. The fourth-order valence-electron chi connectivity index (χ4n) is 2.69. The zero-order chi connectivity index (χ0) is 17.8. The summed E-state index contributed by atoms with van der Waals surface area (Å²) >= 11 is 11.9. The van der Waals surface area contributed by atoms with Crippen molar-refractivity contribution < 1.29 is 13.9 Å². The minimum absolute atomic E-state index is 0.0715. The average molecular weight is 383 g/mol. The molecule has 1 amide bonds. The predicted molar refractivity (Wildman–Crippen MR) is 97.2 cm³/mol. The van der Waals surface area contributed by atoms with E-state index in [2.05, 4.69) is 4.90 Å². The molecule has 0 bridgehead atoms. The lowest BCUT2D eigenvalue weighted by molar-refractivity contribution is -0.133. The number of halogens is 3. The number of benzene rings is 2. The van der Waals surface area contributed by atoms with Crippen LogP contribution in [0.25, 0.3) is 0 Å². The number of nitrogens with zero attached hydrogens (tertiary/aromatic N) is 2. The molecule has 2 aromatic rings. The van der Waals surface area contributed by atoms with Gasteiger partial charge in [-0.25, -0.2) is 4.39 Å². The Morgan fingerprint density at radius 2 is 1.72 bits per heavy atom. The number of carbonyl (C=O) groups excluding carboxylic acids is 1. The molecule has 0 atom stereocenters. The first-order valence-corrected chi connectivity index (χ1v) is 8.64. The molecule has 1 aliphatic heterocycles. The zero-order valence-corrected chi connectivity index (χ0v) is 14.9. The smallest absolute Gasteiger partial charge is 0.260 e. The third-order valence-corrected chi connectivity index (χ3v) is 4.60. The van der Waals surface area contributed by atoms with Crippen LogP contribution in [0.1, 0.15) is 0 Å². The number of carbonyl (C=O) groups is 1. The molecule has 1 aliphatic rings. The fraction of sp³-hybridized carbons (Fsp3) is 0.278. The van der Waals surface area contributed by atoms with Crippen molar-refractivity contribution in [3.05, 3.63) is 58.3 Å². The zero-order valence-electron chi connectivity index (χ0n) is 13.4. The van der Waals surface area contributed by atoms with Crippen LogP contribution in [-0.4, -0.2) is 43.6 Å². The van der Waals surface area contributed by atoms with Gasteiger partial charge in [0.1, 0.15) is 11.6 Å². The lowest BCUT2D eigenvalue weighted by atomic mass is 10.2. The van der Waals surface area contributed by atoms with Crippen molar-refractivity contribution in [3.8, 4) is 5.75 Å². The maximum atomic E-state index is 13.0. The van der Waals surface area contributed by atoms with Gasteiger partial charge in [0.05, 0.1) is 5.02 Å². The standard InChI is InChI=1S/C18H17Cl2FN2O2/c19-13-1-6-17(16(20)11-13)25-12-18(24)23-9-7-22(8-10-23)15-4-2-14(21)3-5-15/h1-6,11H,7-10,12H2. The summed E-state index contributed by atoms with van der Waals surface area (Å²) in [6, 6.07) is 11.3. The molecule has 0 radical (unpaired) electrons.